The molecule has 6 heteroatoms. The van der Waals surface area contributed by atoms with Crippen LogP contribution in [0.1, 0.15) is 25.5 Å². The summed E-state index contributed by atoms with van der Waals surface area (Å²) in [5, 5.41) is 0. The van der Waals surface area contributed by atoms with Crippen molar-refractivity contribution in [3.8, 4) is 5.75 Å². The fourth-order valence-corrected chi connectivity index (χ4v) is 2.56. The minimum Gasteiger partial charge on any atom is -0.491 e. The molecule has 0 saturated heterocycles. The fourth-order valence-electron chi connectivity index (χ4n) is 2.56. The van der Waals surface area contributed by atoms with Gasteiger partial charge in [0.25, 0.3) is 0 Å². The van der Waals surface area contributed by atoms with E-state index in [2.05, 4.69) is 4.90 Å². The third-order valence-corrected chi connectivity index (χ3v) is 3.89. The summed E-state index contributed by atoms with van der Waals surface area (Å²) >= 11 is 0. The minimum atomic E-state index is -0.299. The Morgan fingerprint density at radius 1 is 1.41 bits per heavy atom. The molecular formula is C16H23FN2O3. The lowest BCUT2D eigenvalue weighted by molar-refractivity contribution is 0.101. The van der Waals surface area contributed by atoms with Crippen LogP contribution in [0, 0.1) is 5.82 Å². The molecule has 0 aliphatic carbocycles. The normalized spacial score (nSPS) is 16.3. The Labute approximate surface area is 130 Å². The number of hydrogen-bond acceptors (Lipinski definition) is 4. The summed E-state index contributed by atoms with van der Waals surface area (Å²) in [6, 6.07) is 4.59. The Bertz CT molecular complexity index is 524. The molecule has 1 amide bonds. The van der Waals surface area contributed by atoms with Gasteiger partial charge in [0.1, 0.15) is 18.2 Å². The molecule has 1 aromatic rings. The van der Waals surface area contributed by atoms with Crippen LogP contribution in [0.4, 0.5) is 9.18 Å². The first-order valence-corrected chi connectivity index (χ1v) is 7.61. The maximum atomic E-state index is 13.4. The first kappa shape index (κ1) is 16.5. The third kappa shape index (κ3) is 3.68. The van der Waals surface area contributed by atoms with E-state index in [1.165, 1.54) is 12.1 Å². The first-order chi connectivity index (χ1) is 10.6. The van der Waals surface area contributed by atoms with E-state index in [0.29, 0.717) is 32.8 Å². The Hall–Kier alpha value is -1.82. The molecule has 0 radical (unpaired) electrons. The third-order valence-electron chi connectivity index (χ3n) is 3.89. The monoisotopic (exact) mass is 310 g/mol. The molecule has 0 N–H and O–H groups in total. The zero-order valence-electron chi connectivity index (χ0n) is 13.3. The van der Waals surface area contributed by atoms with E-state index in [9.17, 15) is 9.18 Å². The molecule has 1 aliphatic heterocycles. The van der Waals surface area contributed by atoms with Crippen molar-refractivity contribution in [1.29, 1.82) is 0 Å². The molecule has 0 fully saturated rings. The van der Waals surface area contributed by atoms with Gasteiger partial charge in [-0.1, -0.05) is 0 Å². The molecule has 5 nitrogen and oxygen atoms in total. The summed E-state index contributed by atoms with van der Waals surface area (Å²) in [5.74, 6) is 0.473. The Morgan fingerprint density at radius 3 is 2.86 bits per heavy atom. The largest absolute Gasteiger partial charge is 0.491 e. The van der Waals surface area contributed by atoms with E-state index >= 15 is 0 Å². The number of hydrogen-bond donors (Lipinski definition) is 0. The van der Waals surface area contributed by atoms with Crippen LogP contribution in [0.3, 0.4) is 0 Å². The summed E-state index contributed by atoms with van der Waals surface area (Å²) in [5.41, 5.74) is 0.863. The van der Waals surface area contributed by atoms with Crippen LogP contribution >= 0.6 is 0 Å². The lowest BCUT2D eigenvalue weighted by Crippen LogP contribution is -2.39. The van der Waals surface area contributed by atoms with E-state index in [0.717, 1.165) is 11.3 Å². The highest BCUT2D eigenvalue weighted by Crippen LogP contribution is 2.35. The van der Waals surface area contributed by atoms with Crippen molar-refractivity contribution in [2.24, 2.45) is 0 Å². The highest BCUT2D eigenvalue weighted by atomic mass is 19.1. The summed E-state index contributed by atoms with van der Waals surface area (Å²) in [6.07, 6.45) is -0.299. The second kappa shape index (κ2) is 7.45. The molecule has 1 unspecified atom stereocenters. The van der Waals surface area contributed by atoms with Crippen molar-refractivity contribution < 1.29 is 18.7 Å². The average molecular weight is 310 g/mol. The van der Waals surface area contributed by atoms with Crippen LogP contribution in [0.15, 0.2) is 18.2 Å². The smallest absolute Gasteiger partial charge is 0.409 e. The molecule has 22 heavy (non-hydrogen) atoms. The van der Waals surface area contributed by atoms with Crippen molar-refractivity contribution >= 4 is 6.09 Å². The summed E-state index contributed by atoms with van der Waals surface area (Å²) in [4.78, 5) is 15.5. The molecule has 1 aliphatic rings. The Morgan fingerprint density at radius 2 is 2.18 bits per heavy atom. The molecule has 0 aromatic heterocycles. The van der Waals surface area contributed by atoms with Gasteiger partial charge in [-0.3, -0.25) is 4.90 Å². The van der Waals surface area contributed by atoms with E-state index in [1.54, 1.807) is 17.9 Å². The molecule has 2 rings (SSSR count). The van der Waals surface area contributed by atoms with Crippen LogP contribution < -0.4 is 4.74 Å². The number of amides is 1. The van der Waals surface area contributed by atoms with E-state index in [1.807, 2.05) is 14.0 Å². The molecule has 0 bridgehead atoms. The number of halogens is 1. The average Bonchev–Trinajstić information content (AvgIpc) is 2.91. The van der Waals surface area contributed by atoms with Crippen LogP contribution in [0.25, 0.3) is 0 Å². The topological polar surface area (TPSA) is 42.0 Å². The van der Waals surface area contributed by atoms with E-state index < -0.39 is 0 Å². The van der Waals surface area contributed by atoms with Crippen LogP contribution in [0.2, 0.25) is 0 Å². The number of carbonyl (C=O) groups excluding carboxylic acids is 1. The second-order valence-corrected chi connectivity index (χ2v) is 5.27. The highest BCUT2D eigenvalue weighted by Gasteiger charge is 2.28. The van der Waals surface area contributed by atoms with Gasteiger partial charge in [-0.25, -0.2) is 9.18 Å². The van der Waals surface area contributed by atoms with Crippen molar-refractivity contribution in [1.82, 2.24) is 9.80 Å². The van der Waals surface area contributed by atoms with Gasteiger partial charge in [0.2, 0.25) is 0 Å². The summed E-state index contributed by atoms with van der Waals surface area (Å²) < 4.78 is 24.0. The Balaban J connectivity index is 1.95. The minimum absolute atomic E-state index is 0.00611. The SMILES string of the molecule is CCOC(=O)N(CC)CCN(C)C1COc2ccc(F)cc21. The predicted molar refractivity (Wildman–Crippen MR) is 81.5 cm³/mol. The zero-order valence-corrected chi connectivity index (χ0v) is 13.3. The van der Waals surface area contributed by atoms with Gasteiger partial charge in [-0.15, -0.1) is 0 Å². The standard InChI is InChI=1S/C16H23FN2O3/c1-4-19(16(20)21-5-2)9-8-18(3)14-11-22-15-7-6-12(17)10-13(14)15/h6-7,10,14H,4-5,8-9,11H2,1-3H3. The van der Waals surface area contributed by atoms with Crippen molar-refractivity contribution in [3.05, 3.63) is 29.6 Å². The van der Waals surface area contributed by atoms with E-state index in [-0.39, 0.29) is 18.0 Å². The highest BCUT2D eigenvalue weighted by molar-refractivity contribution is 5.67. The van der Waals surface area contributed by atoms with Gasteiger partial charge in [0, 0.05) is 25.2 Å². The quantitative estimate of drug-likeness (QED) is 0.810. The Kier molecular flexibility index (Phi) is 5.60. The number of carbonyl (C=O) groups is 1. The molecule has 1 heterocycles. The van der Waals surface area contributed by atoms with Crippen LogP contribution in [-0.4, -0.2) is 55.8 Å². The fraction of sp³-hybridized carbons (Fsp3) is 0.562. The van der Waals surface area contributed by atoms with Crippen molar-refractivity contribution in [3.63, 3.8) is 0 Å². The number of nitrogens with zero attached hydrogens (tertiary/aromatic N) is 2. The number of fused-ring (bicyclic) bond motifs is 1. The number of rotatable bonds is 6. The molecular weight excluding hydrogens is 287 g/mol. The molecule has 0 spiro atoms. The number of ether oxygens (including phenoxy) is 2. The molecule has 1 aromatic carbocycles. The van der Waals surface area contributed by atoms with E-state index in [4.69, 9.17) is 9.47 Å². The summed E-state index contributed by atoms with van der Waals surface area (Å²) in [6.45, 7) is 6.40. The van der Waals surface area contributed by atoms with Crippen LogP contribution in [0.5, 0.6) is 5.75 Å². The van der Waals surface area contributed by atoms with Gasteiger partial charge in [0.05, 0.1) is 12.6 Å². The van der Waals surface area contributed by atoms with Crippen LogP contribution in [-0.2, 0) is 4.74 Å². The van der Waals surface area contributed by atoms with Crippen molar-refractivity contribution in [2.75, 3.05) is 39.9 Å². The lowest BCUT2D eigenvalue weighted by Gasteiger charge is -2.27. The summed E-state index contributed by atoms with van der Waals surface area (Å²) in [7, 11) is 1.95. The lowest BCUT2D eigenvalue weighted by atomic mass is 10.1. The first-order valence-electron chi connectivity index (χ1n) is 7.61. The van der Waals surface area contributed by atoms with Gasteiger partial charge >= 0.3 is 6.09 Å². The number of likely N-dealkylation sites (N-methyl/N-ethyl adjacent to an activating group) is 2. The van der Waals surface area contributed by atoms with Gasteiger partial charge < -0.3 is 14.4 Å². The molecule has 122 valence electrons. The maximum absolute atomic E-state index is 13.4. The van der Waals surface area contributed by atoms with Gasteiger partial charge in [-0.2, -0.15) is 0 Å². The number of benzene rings is 1. The molecule has 0 saturated carbocycles. The maximum Gasteiger partial charge on any atom is 0.409 e. The molecule has 1 atom stereocenters. The van der Waals surface area contributed by atoms with Gasteiger partial charge in [0.15, 0.2) is 0 Å². The van der Waals surface area contributed by atoms with Gasteiger partial charge in [-0.05, 0) is 39.1 Å². The predicted octanol–water partition coefficient (Wildman–Crippen LogP) is 2.67. The zero-order chi connectivity index (χ0) is 16.1. The van der Waals surface area contributed by atoms with Crippen molar-refractivity contribution in [2.45, 2.75) is 19.9 Å². The second-order valence-electron chi connectivity index (χ2n) is 5.27.